The highest BCUT2D eigenvalue weighted by atomic mass is 16.5. The molecule has 2 aromatic rings. The summed E-state index contributed by atoms with van der Waals surface area (Å²) in [6, 6.07) is 16.4. The van der Waals surface area contributed by atoms with E-state index in [1.165, 1.54) is 5.39 Å². The lowest BCUT2D eigenvalue weighted by Gasteiger charge is -2.23. The molecule has 2 aromatic carbocycles. The fourth-order valence-corrected chi connectivity index (χ4v) is 2.01. The smallest absolute Gasteiger partial charge is 0.138 e. The highest BCUT2D eigenvalue weighted by Crippen LogP contribution is 2.21. The summed E-state index contributed by atoms with van der Waals surface area (Å²) in [5, 5.41) is 14.8. The molecule has 0 aromatic heterocycles. The minimum Gasteiger partial charge on any atom is -0.491 e. The van der Waals surface area contributed by atoms with Crippen molar-refractivity contribution < 1.29 is 4.74 Å². The Hall–Kier alpha value is -2.05. The first-order valence-electron chi connectivity index (χ1n) is 6.95. The average molecular weight is 268 g/mol. The number of fused-ring (bicyclic) bond motifs is 1. The number of nitrogens with one attached hydrogen (secondary N) is 1. The summed E-state index contributed by atoms with van der Waals surface area (Å²) in [5.74, 6) is 0.795. The number of hydrogen-bond acceptors (Lipinski definition) is 3. The molecule has 0 bridgehead atoms. The monoisotopic (exact) mass is 268 g/mol. The Morgan fingerprint density at radius 2 is 1.95 bits per heavy atom. The van der Waals surface area contributed by atoms with Crippen molar-refractivity contribution in [1.29, 1.82) is 5.26 Å². The van der Waals surface area contributed by atoms with Gasteiger partial charge in [0.15, 0.2) is 0 Å². The SMILES string of the molecule is CCCNC(C)(C#N)COc1ccc2ccccc2c1. The van der Waals surface area contributed by atoms with E-state index in [0.717, 1.165) is 24.1 Å². The molecule has 1 unspecified atom stereocenters. The van der Waals surface area contributed by atoms with Crippen molar-refractivity contribution in [2.45, 2.75) is 25.8 Å². The first-order chi connectivity index (χ1) is 9.67. The van der Waals surface area contributed by atoms with Gasteiger partial charge in [-0.1, -0.05) is 37.3 Å². The molecule has 0 fully saturated rings. The first-order valence-corrected chi connectivity index (χ1v) is 6.95. The predicted molar refractivity (Wildman–Crippen MR) is 81.8 cm³/mol. The van der Waals surface area contributed by atoms with Gasteiger partial charge in [-0.3, -0.25) is 5.32 Å². The minimum atomic E-state index is -0.651. The van der Waals surface area contributed by atoms with Crippen molar-refractivity contribution in [2.24, 2.45) is 0 Å². The number of nitriles is 1. The van der Waals surface area contributed by atoms with Crippen molar-refractivity contribution in [3.8, 4) is 11.8 Å². The Kier molecular flexibility index (Phi) is 4.60. The summed E-state index contributed by atoms with van der Waals surface area (Å²) in [6.07, 6.45) is 0.993. The first kappa shape index (κ1) is 14.4. The van der Waals surface area contributed by atoms with Crippen LogP contribution in [0.1, 0.15) is 20.3 Å². The number of hydrogen-bond donors (Lipinski definition) is 1. The van der Waals surface area contributed by atoms with Gasteiger partial charge in [0.05, 0.1) is 6.07 Å². The maximum Gasteiger partial charge on any atom is 0.138 e. The number of rotatable bonds is 6. The lowest BCUT2D eigenvalue weighted by Crippen LogP contribution is -2.46. The number of benzene rings is 2. The van der Waals surface area contributed by atoms with Crippen LogP contribution in [0.4, 0.5) is 0 Å². The maximum atomic E-state index is 9.27. The van der Waals surface area contributed by atoms with Crippen LogP contribution in [-0.2, 0) is 0 Å². The third kappa shape index (κ3) is 3.49. The van der Waals surface area contributed by atoms with Gasteiger partial charge in [0, 0.05) is 0 Å². The van der Waals surface area contributed by atoms with Gasteiger partial charge in [-0.05, 0) is 42.8 Å². The van der Waals surface area contributed by atoms with Gasteiger partial charge in [-0.15, -0.1) is 0 Å². The topological polar surface area (TPSA) is 45.0 Å². The van der Waals surface area contributed by atoms with Crippen LogP contribution in [0.5, 0.6) is 5.75 Å². The van der Waals surface area contributed by atoms with E-state index in [1.807, 2.05) is 37.3 Å². The molecule has 1 N–H and O–H groups in total. The largest absolute Gasteiger partial charge is 0.491 e. The van der Waals surface area contributed by atoms with E-state index < -0.39 is 5.54 Å². The highest BCUT2D eigenvalue weighted by molar-refractivity contribution is 5.83. The van der Waals surface area contributed by atoms with Crippen LogP contribution in [0.15, 0.2) is 42.5 Å². The Labute approximate surface area is 120 Å². The Bertz CT molecular complexity index is 618. The van der Waals surface area contributed by atoms with E-state index in [9.17, 15) is 5.26 Å². The standard InChI is InChI=1S/C17H20N2O/c1-3-10-19-17(2,12-18)13-20-16-9-8-14-6-4-5-7-15(14)11-16/h4-9,11,19H,3,10,13H2,1-2H3. The molecule has 0 spiro atoms. The molecule has 0 aliphatic heterocycles. The van der Waals surface area contributed by atoms with Crippen molar-refractivity contribution in [1.82, 2.24) is 5.32 Å². The van der Waals surface area contributed by atoms with E-state index in [0.29, 0.717) is 6.61 Å². The molecule has 20 heavy (non-hydrogen) atoms. The number of ether oxygens (including phenoxy) is 1. The molecule has 1 atom stereocenters. The molecule has 2 rings (SSSR count). The van der Waals surface area contributed by atoms with Crippen molar-refractivity contribution in [3.63, 3.8) is 0 Å². The van der Waals surface area contributed by atoms with E-state index in [2.05, 4.69) is 30.4 Å². The van der Waals surface area contributed by atoms with E-state index in [-0.39, 0.29) is 0 Å². The summed E-state index contributed by atoms with van der Waals surface area (Å²) < 4.78 is 5.78. The van der Waals surface area contributed by atoms with E-state index in [1.54, 1.807) is 0 Å². The van der Waals surface area contributed by atoms with Crippen LogP contribution >= 0.6 is 0 Å². The van der Waals surface area contributed by atoms with Crippen molar-refractivity contribution in [2.75, 3.05) is 13.2 Å². The van der Waals surface area contributed by atoms with Gasteiger partial charge < -0.3 is 4.74 Å². The fraction of sp³-hybridized carbons (Fsp3) is 0.353. The molecule has 3 nitrogen and oxygen atoms in total. The predicted octanol–water partition coefficient (Wildman–Crippen LogP) is 3.50. The zero-order valence-electron chi connectivity index (χ0n) is 12.0. The van der Waals surface area contributed by atoms with Crippen molar-refractivity contribution in [3.05, 3.63) is 42.5 Å². The quantitative estimate of drug-likeness (QED) is 0.872. The van der Waals surface area contributed by atoms with Gasteiger partial charge in [-0.25, -0.2) is 0 Å². The molecule has 104 valence electrons. The summed E-state index contributed by atoms with van der Waals surface area (Å²) in [4.78, 5) is 0. The van der Waals surface area contributed by atoms with Gasteiger partial charge in [-0.2, -0.15) is 5.26 Å². The van der Waals surface area contributed by atoms with Crippen LogP contribution in [0, 0.1) is 11.3 Å². The van der Waals surface area contributed by atoms with Crippen LogP contribution in [-0.4, -0.2) is 18.7 Å². The fourth-order valence-electron chi connectivity index (χ4n) is 2.01. The van der Waals surface area contributed by atoms with Crippen molar-refractivity contribution >= 4 is 10.8 Å². The van der Waals surface area contributed by atoms with Crippen LogP contribution in [0.3, 0.4) is 0 Å². The molecule has 0 aliphatic carbocycles. The van der Waals surface area contributed by atoms with Crippen LogP contribution in [0.25, 0.3) is 10.8 Å². The summed E-state index contributed by atoms with van der Waals surface area (Å²) >= 11 is 0. The molecular formula is C17H20N2O. The molecular weight excluding hydrogens is 248 g/mol. The third-order valence-corrected chi connectivity index (χ3v) is 3.26. The van der Waals surface area contributed by atoms with Gasteiger partial charge in [0.1, 0.15) is 17.9 Å². The second kappa shape index (κ2) is 6.40. The molecule has 0 amide bonds. The molecule has 0 saturated heterocycles. The summed E-state index contributed by atoms with van der Waals surface area (Å²) in [6.45, 7) is 5.09. The molecule has 0 aliphatic rings. The molecule has 0 heterocycles. The normalized spacial score (nSPS) is 13.7. The second-order valence-electron chi connectivity index (χ2n) is 5.17. The molecule has 3 heteroatoms. The van der Waals surface area contributed by atoms with Crippen LogP contribution in [0.2, 0.25) is 0 Å². The zero-order valence-corrected chi connectivity index (χ0v) is 12.0. The van der Waals surface area contributed by atoms with E-state index in [4.69, 9.17) is 4.74 Å². The minimum absolute atomic E-state index is 0.335. The van der Waals surface area contributed by atoms with Gasteiger partial charge in [0.25, 0.3) is 0 Å². The van der Waals surface area contributed by atoms with Gasteiger partial charge in [0.2, 0.25) is 0 Å². The second-order valence-corrected chi connectivity index (χ2v) is 5.17. The van der Waals surface area contributed by atoms with Gasteiger partial charge >= 0.3 is 0 Å². The molecule has 0 radical (unpaired) electrons. The highest BCUT2D eigenvalue weighted by Gasteiger charge is 2.23. The zero-order chi connectivity index (χ0) is 14.4. The Morgan fingerprint density at radius 3 is 2.65 bits per heavy atom. The Morgan fingerprint density at radius 1 is 1.20 bits per heavy atom. The lowest BCUT2D eigenvalue weighted by atomic mass is 10.1. The average Bonchev–Trinajstić information content (AvgIpc) is 2.51. The lowest BCUT2D eigenvalue weighted by molar-refractivity contribution is 0.234. The van der Waals surface area contributed by atoms with Crippen LogP contribution < -0.4 is 10.1 Å². The third-order valence-electron chi connectivity index (χ3n) is 3.26. The molecule has 0 saturated carbocycles. The summed E-state index contributed by atoms with van der Waals surface area (Å²) in [5.41, 5.74) is -0.651. The Balaban J connectivity index is 2.06. The van der Waals surface area contributed by atoms with E-state index >= 15 is 0 Å². The maximum absolute atomic E-state index is 9.27. The summed E-state index contributed by atoms with van der Waals surface area (Å²) in [7, 11) is 0. The number of nitrogens with zero attached hydrogens (tertiary/aromatic N) is 1.